The number of allylic oxidation sites excluding steroid dienone is 8. The van der Waals surface area contributed by atoms with Gasteiger partial charge in [-0.1, -0.05) is 72.9 Å². The van der Waals surface area contributed by atoms with E-state index in [1.165, 1.54) is 11.1 Å². The van der Waals surface area contributed by atoms with Crippen molar-refractivity contribution in [3.8, 4) is 0 Å². The number of nitrogens with zero attached hydrogens (tertiary/aromatic N) is 2. The quantitative estimate of drug-likeness (QED) is 0.697. The third-order valence-corrected chi connectivity index (χ3v) is 3.65. The van der Waals surface area contributed by atoms with E-state index < -0.39 is 0 Å². The molecule has 3 rings (SSSR count). The molecule has 0 spiro atoms. The van der Waals surface area contributed by atoms with Crippen LogP contribution in [-0.4, -0.2) is 12.4 Å². The van der Waals surface area contributed by atoms with Gasteiger partial charge in [-0.2, -0.15) is 0 Å². The third kappa shape index (κ3) is 4.26. The van der Waals surface area contributed by atoms with Crippen molar-refractivity contribution >= 4 is 12.4 Å². The predicted octanol–water partition coefficient (Wildman–Crippen LogP) is 4.31. The average Bonchev–Trinajstić information content (AvgIpc) is 3.21. The van der Waals surface area contributed by atoms with Crippen molar-refractivity contribution in [3.63, 3.8) is 0 Å². The zero-order chi connectivity index (χ0) is 15.0. The van der Waals surface area contributed by atoms with E-state index in [0.717, 1.165) is 13.1 Å². The fraction of sp³-hybridized carbons (Fsp3) is 0.200. The summed E-state index contributed by atoms with van der Waals surface area (Å²) in [5.74, 6) is 0.723. The average molecular weight is 288 g/mol. The van der Waals surface area contributed by atoms with Crippen LogP contribution in [0.5, 0.6) is 0 Å². The molecule has 1 aromatic carbocycles. The first-order chi connectivity index (χ1) is 10.9. The van der Waals surface area contributed by atoms with Crippen LogP contribution in [-0.2, 0) is 13.1 Å². The normalized spacial score (nSPS) is 17.8. The van der Waals surface area contributed by atoms with Crippen LogP contribution in [0.4, 0.5) is 0 Å². The number of aliphatic imine (C=N–C) groups is 2. The van der Waals surface area contributed by atoms with Crippen LogP contribution in [0.3, 0.4) is 0 Å². The minimum absolute atomic E-state index is 0.361. The van der Waals surface area contributed by atoms with Crippen LogP contribution < -0.4 is 0 Å². The first kappa shape index (κ1) is 14.5. The van der Waals surface area contributed by atoms with Gasteiger partial charge in [0.2, 0.25) is 0 Å². The second-order valence-corrected chi connectivity index (χ2v) is 5.49. The van der Waals surface area contributed by atoms with Crippen LogP contribution in [0, 0.1) is 11.8 Å². The summed E-state index contributed by atoms with van der Waals surface area (Å²) in [6.07, 6.45) is 20.8. The van der Waals surface area contributed by atoms with E-state index >= 15 is 0 Å². The van der Waals surface area contributed by atoms with Gasteiger partial charge in [0.05, 0.1) is 13.1 Å². The number of hydrogen-bond acceptors (Lipinski definition) is 2. The fourth-order valence-corrected chi connectivity index (χ4v) is 2.48. The van der Waals surface area contributed by atoms with Gasteiger partial charge in [0.15, 0.2) is 0 Å². The van der Waals surface area contributed by atoms with Crippen molar-refractivity contribution in [1.82, 2.24) is 0 Å². The van der Waals surface area contributed by atoms with Gasteiger partial charge in [-0.05, 0) is 11.1 Å². The lowest BCUT2D eigenvalue weighted by Gasteiger charge is -2.02. The van der Waals surface area contributed by atoms with Crippen molar-refractivity contribution in [1.29, 1.82) is 0 Å². The molecule has 2 aliphatic rings. The lowest BCUT2D eigenvalue weighted by atomic mass is 10.1. The molecule has 0 aromatic heterocycles. The molecule has 1 aromatic rings. The van der Waals surface area contributed by atoms with Crippen LogP contribution in [0.2, 0.25) is 0 Å². The molecule has 0 amide bonds. The predicted molar refractivity (Wildman–Crippen MR) is 94.4 cm³/mol. The molecule has 2 aliphatic carbocycles. The van der Waals surface area contributed by atoms with Crippen molar-refractivity contribution < 1.29 is 0 Å². The van der Waals surface area contributed by atoms with E-state index in [9.17, 15) is 0 Å². The maximum Gasteiger partial charge on any atom is 0.0636 e. The Kier molecular flexibility index (Phi) is 4.93. The summed E-state index contributed by atoms with van der Waals surface area (Å²) in [6, 6.07) is 8.51. The molecule has 0 fully saturated rings. The van der Waals surface area contributed by atoms with Gasteiger partial charge in [0.1, 0.15) is 0 Å². The summed E-state index contributed by atoms with van der Waals surface area (Å²) >= 11 is 0. The molecule has 0 radical (unpaired) electrons. The van der Waals surface area contributed by atoms with Crippen molar-refractivity contribution in [2.45, 2.75) is 13.1 Å². The zero-order valence-corrected chi connectivity index (χ0v) is 12.5. The first-order valence-corrected chi connectivity index (χ1v) is 7.68. The van der Waals surface area contributed by atoms with Gasteiger partial charge < -0.3 is 0 Å². The van der Waals surface area contributed by atoms with Gasteiger partial charge in [-0.25, -0.2) is 0 Å². The van der Waals surface area contributed by atoms with Crippen molar-refractivity contribution in [2.75, 3.05) is 0 Å². The maximum absolute atomic E-state index is 4.52. The molecular weight excluding hydrogens is 268 g/mol. The SMILES string of the molecule is C1=CC(C=NCc2cccc(CN=CC3C=CC=C3)c2)C=C1. The minimum atomic E-state index is 0.361. The van der Waals surface area contributed by atoms with Gasteiger partial charge in [0.25, 0.3) is 0 Å². The largest absolute Gasteiger partial charge is 0.292 e. The van der Waals surface area contributed by atoms with Crippen molar-refractivity contribution in [2.24, 2.45) is 21.8 Å². The Bertz CT molecular complexity index is 595. The summed E-state index contributed by atoms with van der Waals surface area (Å²) in [4.78, 5) is 9.05. The summed E-state index contributed by atoms with van der Waals surface area (Å²) in [5.41, 5.74) is 2.46. The van der Waals surface area contributed by atoms with E-state index in [4.69, 9.17) is 0 Å². The lowest BCUT2D eigenvalue weighted by Crippen LogP contribution is -1.93. The molecule has 0 N–H and O–H groups in total. The topological polar surface area (TPSA) is 24.7 Å². The second-order valence-electron chi connectivity index (χ2n) is 5.49. The van der Waals surface area contributed by atoms with Gasteiger partial charge in [0, 0.05) is 24.3 Å². The Labute approximate surface area is 132 Å². The lowest BCUT2D eigenvalue weighted by molar-refractivity contribution is 1.01. The van der Waals surface area contributed by atoms with Crippen molar-refractivity contribution in [3.05, 3.63) is 84.0 Å². The maximum atomic E-state index is 4.52. The smallest absolute Gasteiger partial charge is 0.0636 e. The van der Waals surface area contributed by atoms with Gasteiger partial charge >= 0.3 is 0 Å². The first-order valence-electron chi connectivity index (χ1n) is 7.68. The summed E-state index contributed by atoms with van der Waals surface area (Å²) in [6.45, 7) is 1.45. The molecule has 22 heavy (non-hydrogen) atoms. The molecule has 0 unspecified atom stereocenters. The van der Waals surface area contributed by atoms with E-state index in [-0.39, 0.29) is 0 Å². The second kappa shape index (κ2) is 7.51. The number of benzene rings is 1. The van der Waals surface area contributed by atoms with Gasteiger partial charge in [-0.3, -0.25) is 9.98 Å². The molecule has 2 heteroatoms. The Morgan fingerprint density at radius 3 is 1.64 bits per heavy atom. The molecule has 0 saturated heterocycles. The van der Waals surface area contributed by atoms with E-state index in [1.807, 2.05) is 12.4 Å². The number of rotatable bonds is 6. The molecule has 0 bridgehead atoms. The molecule has 2 nitrogen and oxygen atoms in total. The zero-order valence-electron chi connectivity index (χ0n) is 12.5. The standard InChI is InChI=1S/C20H20N2/c1-2-7-17(6-1)13-21-15-19-10-5-11-20(12-19)16-22-14-18-8-3-4-9-18/h1-14,17-18H,15-16H2. The summed E-state index contributed by atoms with van der Waals surface area (Å²) in [7, 11) is 0. The van der Waals surface area contributed by atoms with E-state index in [0.29, 0.717) is 11.8 Å². The Morgan fingerprint density at radius 2 is 1.18 bits per heavy atom. The summed E-state index contributed by atoms with van der Waals surface area (Å²) in [5, 5.41) is 0. The highest BCUT2D eigenvalue weighted by Crippen LogP contribution is 2.11. The molecule has 0 heterocycles. The molecule has 0 atom stereocenters. The van der Waals surface area contributed by atoms with E-state index in [2.05, 4.69) is 82.9 Å². The van der Waals surface area contributed by atoms with Gasteiger partial charge in [-0.15, -0.1) is 0 Å². The molecule has 0 aliphatic heterocycles. The van der Waals surface area contributed by atoms with Crippen LogP contribution in [0.1, 0.15) is 11.1 Å². The Hall–Kier alpha value is -2.48. The molecular formula is C20H20N2. The highest BCUT2D eigenvalue weighted by molar-refractivity contribution is 5.68. The van der Waals surface area contributed by atoms with Crippen LogP contribution >= 0.6 is 0 Å². The monoisotopic (exact) mass is 288 g/mol. The molecule has 0 saturated carbocycles. The van der Waals surface area contributed by atoms with E-state index in [1.54, 1.807) is 0 Å². The minimum Gasteiger partial charge on any atom is -0.292 e. The molecule has 110 valence electrons. The highest BCUT2D eigenvalue weighted by Gasteiger charge is 2.00. The highest BCUT2D eigenvalue weighted by atomic mass is 14.7. The third-order valence-electron chi connectivity index (χ3n) is 3.65. The number of hydrogen-bond donors (Lipinski definition) is 0. The fourth-order valence-electron chi connectivity index (χ4n) is 2.48. The summed E-state index contributed by atoms with van der Waals surface area (Å²) < 4.78 is 0. The Morgan fingerprint density at radius 1 is 0.727 bits per heavy atom. The van der Waals surface area contributed by atoms with Crippen LogP contribution in [0.15, 0.2) is 82.9 Å². The Balaban J connectivity index is 1.53. The van der Waals surface area contributed by atoms with Crippen LogP contribution in [0.25, 0.3) is 0 Å².